The van der Waals surface area contributed by atoms with Crippen LogP contribution in [-0.2, 0) is 11.2 Å². The summed E-state index contributed by atoms with van der Waals surface area (Å²) in [6.45, 7) is 10.9. The van der Waals surface area contributed by atoms with Crippen LogP contribution < -0.4 is 10.6 Å². The van der Waals surface area contributed by atoms with Gasteiger partial charge in [-0.05, 0) is 46.5 Å². The number of thiazole rings is 1. The Morgan fingerprint density at radius 1 is 1.37 bits per heavy atom. The number of likely N-dealkylation sites (tertiary alicyclic amines) is 1. The second kappa shape index (κ2) is 9.92. The number of aryl methyl sites for hydroxylation is 1. The number of aromatic nitrogens is 1. The maximum absolute atomic E-state index is 12.1. The SMILES string of the molecule is CN=C(NCCc1csc(C)n1)NCC1CCN(C(=O)OC(C)(C)C)CC1. The van der Waals surface area contributed by atoms with Gasteiger partial charge in [0, 0.05) is 45.0 Å². The van der Waals surface area contributed by atoms with Gasteiger partial charge in [0.25, 0.3) is 0 Å². The van der Waals surface area contributed by atoms with Crippen LogP contribution in [0, 0.1) is 12.8 Å². The maximum atomic E-state index is 12.1. The number of nitrogens with zero attached hydrogens (tertiary/aromatic N) is 3. The molecule has 0 saturated carbocycles. The second-order valence-corrected chi connectivity index (χ2v) is 8.96. The van der Waals surface area contributed by atoms with Gasteiger partial charge in [0.15, 0.2) is 5.96 Å². The van der Waals surface area contributed by atoms with Crippen LogP contribution in [0.1, 0.15) is 44.3 Å². The zero-order chi connectivity index (χ0) is 19.9. The number of guanidine groups is 1. The molecule has 1 aliphatic heterocycles. The molecule has 152 valence electrons. The second-order valence-electron chi connectivity index (χ2n) is 7.90. The Hall–Kier alpha value is -1.83. The van der Waals surface area contributed by atoms with E-state index in [2.05, 4.69) is 26.0 Å². The summed E-state index contributed by atoms with van der Waals surface area (Å²) in [6.07, 6.45) is 2.63. The Morgan fingerprint density at radius 3 is 2.63 bits per heavy atom. The van der Waals surface area contributed by atoms with Crippen LogP contribution in [0.3, 0.4) is 0 Å². The van der Waals surface area contributed by atoms with E-state index in [1.807, 2.05) is 32.6 Å². The number of carbonyl (C=O) groups is 1. The number of amides is 1. The first-order valence-electron chi connectivity index (χ1n) is 9.60. The van der Waals surface area contributed by atoms with Crippen LogP contribution in [0.15, 0.2) is 10.4 Å². The van der Waals surface area contributed by atoms with E-state index in [1.54, 1.807) is 18.4 Å². The quantitative estimate of drug-likeness (QED) is 0.592. The number of aliphatic imine (C=N–C) groups is 1. The highest BCUT2D eigenvalue weighted by Crippen LogP contribution is 2.19. The van der Waals surface area contributed by atoms with Crippen molar-refractivity contribution in [2.24, 2.45) is 10.9 Å². The van der Waals surface area contributed by atoms with Crippen molar-refractivity contribution in [3.63, 3.8) is 0 Å². The molecule has 1 fully saturated rings. The summed E-state index contributed by atoms with van der Waals surface area (Å²) in [5.41, 5.74) is 0.681. The molecule has 0 bridgehead atoms. The van der Waals surface area contributed by atoms with Gasteiger partial charge in [0.05, 0.1) is 10.7 Å². The first kappa shape index (κ1) is 21.5. The number of hydrogen-bond donors (Lipinski definition) is 2. The number of rotatable bonds is 5. The van der Waals surface area contributed by atoms with Crippen molar-refractivity contribution in [1.82, 2.24) is 20.5 Å². The number of carbonyl (C=O) groups excluding carboxylic acids is 1. The van der Waals surface area contributed by atoms with E-state index in [-0.39, 0.29) is 6.09 Å². The first-order valence-corrected chi connectivity index (χ1v) is 10.5. The standard InChI is InChI=1S/C19H33N5O2S/c1-14-23-16(13-27-14)6-9-21-17(20-5)22-12-15-7-10-24(11-8-15)18(25)26-19(2,3)4/h13,15H,6-12H2,1-5H3,(H2,20,21,22). The number of ether oxygens (including phenoxy) is 1. The number of piperidine rings is 1. The largest absolute Gasteiger partial charge is 0.444 e. The van der Waals surface area contributed by atoms with Crippen molar-refractivity contribution in [2.45, 2.75) is 52.6 Å². The maximum Gasteiger partial charge on any atom is 0.410 e. The normalized spacial score (nSPS) is 16.3. The van der Waals surface area contributed by atoms with Crippen molar-refractivity contribution < 1.29 is 9.53 Å². The van der Waals surface area contributed by atoms with Gasteiger partial charge in [-0.15, -0.1) is 11.3 Å². The minimum absolute atomic E-state index is 0.205. The summed E-state index contributed by atoms with van der Waals surface area (Å²) in [7, 11) is 1.79. The Labute approximate surface area is 166 Å². The molecule has 0 radical (unpaired) electrons. The zero-order valence-electron chi connectivity index (χ0n) is 17.2. The Balaban J connectivity index is 1.65. The van der Waals surface area contributed by atoms with Gasteiger partial charge in [0.2, 0.25) is 0 Å². The van der Waals surface area contributed by atoms with E-state index < -0.39 is 5.60 Å². The molecule has 0 aliphatic carbocycles. The molecular formula is C19H33N5O2S. The summed E-state index contributed by atoms with van der Waals surface area (Å²) >= 11 is 1.68. The van der Waals surface area contributed by atoms with Gasteiger partial charge < -0.3 is 20.3 Å². The Kier molecular flexibility index (Phi) is 7.89. The lowest BCUT2D eigenvalue weighted by Crippen LogP contribution is -2.45. The van der Waals surface area contributed by atoms with E-state index in [0.717, 1.165) is 62.1 Å². The lowest BCUT2D eigenvalue weighted by atomic mass is 9.97. The fourth-order valence-corrected chi connectivity index (χ4v) is 3.59. The summed E-state index contributed by atoms with van der Waals surface area (Å²) in [5.74, 6) is 1.35. The highest BCUT2D eigenvalue weighted by molar-refractivity contribution is 7.09. The summed E-state index contributed by atoms with van der Waals surface area (Å²) in [4.78, 5) is 22.7. The monoisotopic (exact) mass is 395 g/mol. The minimum Gasteiger partial charge on any atom is -0.444 e. The molecule has 1 saturated heterocycles. The van der Waals surface area contributed by atoms with Crippen LogP contribution >= 0.6 is 11.3 Å². The predicted octanol–water partition coefficient (Wildman–Crippen LogP) is 2.81. The fourth-order valence-electron chi connectivity index (χ4n) is 2.94. The molecule has 1 amide bonds. The van der Waals surface area contributed by atoms with Crippen LogP contribution in [0.2, 0.25) is 0 Å². The highest BCUT2D eigenvalue weighted by atomic mass is 32.1. The highest BCUT2D eigenvalue weighted by Gasteiger charge is 2.26. The van der Waals surface area contributed by atoms with Crippen molar-refractivity contribution in [1.29, 1.82) is 0 Å². The topological polar surface area (TPSA) is 78.9 Å². The molecule has 0 unspecified atom stereocenters. The van der Waals surface area contributed by atoms with E-state index in [9.17, 15) is 4.79 Å². The smallest absolute Gasteiger partial charge is 0.410 e. The molecule has 1 aliphatic rings. The molecule has 0 spiro atoms. The molecule has 7 nitrogen and oxygen atoms in total. The predicted molar refractivity (Wildman–Crippen MR) is 110 cm³/mol. The molecule has 0 atom stereocenters. The molecule has 8 heteroatoms. The summed E-state index contributed by atoms with van der Waals surface area (Å²) < 4.78 is 5.45. The molecule has 0 aromatic carbocycles. The minimum atomic E-state index is -0.440. The van der Waals surface area contributed by atoms with Crippen LogP contribution in [0.4, 0.5) is 4.79 Å². The van der Waals surface area contributed by atoms with Crippen LogP contribution in [0.25, 0.3) is 0 Å². The molecule has 2 heterocycles. The van der Waals surface area contributed by atoms with E-state index in [1.165, 1.54) is 0 Å². The molecular weight excluding hydrogens is 362 g/mol. The van der Waals surface area contributed by atoms with Crippen molar-refractivity contribution in [2.75, 3.05) is 33.2 Å². The van der Waals surface area contributed by atoms with Crippen molar-refractivity contribution in [3.8, 4) is 0 Å². The Morgan fingerprint density at radius 2 is 2.07 bits per heavy atom. The van der Waals surface area contributed by atoms with Crippen LogP contribution in [-0.4, -0.2) is 60.8 Å². The molecule has 1 aromatic heterocycles. The average Bonchev–Trinajstić information content (AvgIpc) is 3.02. The van der Waals surface area contributed by atoms with Crippen molar-refractivity contribution in [3.05, 3.63) is 16.1 Å². The zero-order valence-corrected chi connectivity index (χ0v) is 18.0. The summed E-state index contributed by atoms with van der Waals surface area (Å²) in [6, 6.07) is 0. The molecule has 1 aromatic rings. The Bertz CT molecular complexity index is 630. The van der Waals surface area contributed by atoms with Crippen molar-refractivity contribution >= 4 is 23.4 Å². The van der Waals surface area contributed by atoms with E-state index in [0.29, 0.717) is 5.92 Å². The van der Waals surface area contributed by atoms with E-state index >= 15 is 0 Å². The van der Waals surface area contributed by atoms with Gasteiger partial charge >= 0.3 is 6.09 Å². The van der Waals surface area contributed by atoms with Gasteiger partial charge in [0.1, 0.15) is 5.60 Å². The lowest BCUT2D eigenvalue weighted by Gasteiger charge is -2.33. The number of nitrogens with one attached hydrogen (secondary N) is 2. The van der Waals surface area contributed by atoms with Gasteiger partial charge in [-0.2, -0.15) is 0 Å². The summed E-state index contributed by atoms with van der Waals surface area (Å²) in [5, 5.41) is 9.94. The average molecular weight is 396 g/mol. The fraction of sp³-hybridized carbons (Fsp3) is 0.737. The number of hydrogen-bond acceptors (Lipinski definition) is 5. The first-order chi connectivity index (χ1) is 12.8. The molecule has 2 N–H and O–H groups in total. The molecule has 2 rings (SSSR count). The van der Waals surface area contributed by atoms with Gasteiger partial charge in [-0.3, -0.25) is 4.99 Å². The lowest BCUT2D eigenvalue weighted by molar-refractivity contribution is 0.0185. The third kappa shape index (κ3) is 7.74. The third-order valence-corrected chi connectivity index (χ3v) is 5.21. The van der Waals surface area contributed by atoms with Gasteiger partial charge in [-0.25, -0.2) is 9.78 Å². The molecule has 27 heavy (non-hydrogen) atoms. The third-order valence-electron chi connectivity index (χ3n) is 4.39. The van der Waals surface area contributed by atoms with Crippen LogP contribution in [0.5, 0.6) is 0 Å². The van der Waals surface area contributed by atoms with Gasteiger partial charge in [-0.1, -0.05) is 0 Å². The van der Waals surface area contributed by atoms with E-state index in [4.69, 9.17) is 4.74 Å².